The first kappa shape index (κ1) is 16.7. The van der Waals surface area contributed by atoms with Gasteiger partial charge < -0.3 is 14.5 Å². The number of rotatable bonds is 4. The average molecular weight is 337 g/mol. The van der Waals surface area contributed by atoms with Gasteiger partial charge in [-0.25, -0.2) is 14.6 Å². The van der Waals surface area contributed by atoms with Gasteiger partial charge in [-0.2, -0.15) is 0 Å². The highest BCUT2D eigenvalue weighted by molar-refractivity contribution is 6.30. The summed E-state index contributed by atoms with van der Waals surface area (Å²) in [4.78, 5) is 38.8. The van der Waals surface area contributed by atoms with E-state index in [1.165, 1.54) is 25.3 Å². The lowest BCUT2D eigenvalue weighted by atomic mass is 10.1. The maximum atomic E-state index is 12.0. The van der Waals surface area contributed by atoms with E-state index < -0.39 is 24.1 Å². The molecule has 2 rings (SSSR count). The average Bonchev–Trinajstić information content (AvgIpc) is 2.46. The minimum absolute atomic E-state index is 0.127. The second-order valence-electron chi connectivity index (χ2n) is 4.67. The van der Waals surface area contributed by atoms with E-state index in [2.05, 4.69) is 10.3 Å². The molecule has 2 aromatic rings. The summed E-state index contributed by atoms with van der Waals surface area (Å²) < 4.78 is 9.76. The molecule has 0 fully saturated rings. The van der Waals surface area contributed by atoms with Crippen LogP contribution in [0.25, 0.3) is 0 Å². The van der Waals surface area contributed by atoms with E-state index in [-0.39, 0.29) is 17.1 Å². The van der Waals surface area contributed by atoms with Gasteiger partial charge >= 0.3 is 11.6 Å². The smallest absolute Gasteiger partial charge is 0.342 e. The van der Waals surface area contributed by atoms with E-state index in [1.807, 2.05) is 0 Å². The van der Waals surface area contributed by atoms with Crippen LogP contribution in [0.1, 0.15) is 21.7 Å². The lowest BCUT2D eigenvalue weighted by molar-refractivity contribution is -0.119. The molecule has 0 aliphatic heterocycles. The largest absolute Gasteiger partial charge is 0.452 e. The first-order valence-corrected chi connectivity index (χ1v) is 6.94. The summed E-state index contributed by atoms with van der Waals surface area (Å²) in [7, 11) is 0. The SMILES string of the molecule is Cc1cc(=O)oc(C)c1C(=O)OCC(=O)Nc1ccc(Cl)cn1. The number of amides is 1. The molecule has 0 saturated carbocycles. The fraction of sp³-hybridized carbons (Fsp3) is 0.200. The van der Waals surface area contributed by atoms with Crippen LogP contribution in [0.15, 0.2) is 33.6 Å². The van der Waals surface area contributed by atoms with Crippen LogP contribution in [0.5, 0.6) is 0 Å². The zero-order valence-corrected chi connectivity index (χ0v) is 13.1. The highest BCUT2D eigenvalue weighted by Gasteiger charge is 2.18. The maximum absolute atomic E-state index is 12.0. The third-order valence-corrected chi connectivity index (χ3v) is 3.09. The van der Waals surface area contributed by atoms with Crippen molar-refractivity contribution in [1.29, 1.82) is 0 Å². The van der Waals surface area contributed by atoms with Gasteiger partial charge in [0.25, 0.3) is 5.91 Å². The normalized spacial score (nSPS) is 10.2. The fourth-order valence-electron chi connectivity index (χ4n) is 1.89. The third kappa shape index (κ3) is 4.40. The molecule has 0 aromatic carbocycles. The van der Waals surface area contributed by atoms with Crippen molar-refractivity contribution in [3.63, 3.8) is 0 Å². The molecule has 1 N–H and O–H groups in total. The number of aromatic nitrogens is 1. The predicted molar refractivity (Wildman–Crippen MR) is 82.6 cm³/mol. The Hall–Kier alpha value is -2.67. The van der Waals surface area contributed by atoms with Crippen molar-refractivity contribution in [3.8, 4) is 0 Å². The lowest BCUT2D eigenvalue weighted by Crippen LogP contribution is -2.22. The number of carbonyl (C=O) groups excluding carboxylic acids is 2. The molecule has 0 bridgehead atoms. The molecule has 0 radical (unpaired) electrons. The van der Waals surface area contributed by atoms with E-state index in [0.717, 1.165) is 0 Å². The topological polar surface area (TPSA) is 98.5 Å². The Balaban J connectivity index is 1.98. The number of nitrogens with zero attached hydrogens (tertiary/aromatic N) is 1. The van der Waals surface area contributed by atoms with Crippen LogP contribution >= 0.6 is 11.6 Å². The lowest BCUT2D eigenvalue weighted by Gasteiger charge is -2.08. The van der Waals surface area contributed by atoms with Crippen LogP contribution in [0.3, 0.4) is 0 Å². The van der Waals surface area contributed by atoms with Crippen LogP contribution in [-0.2, 0) is 9.53 Å². The first-order valence-electron chi connectivity index (χ1n) is 6.56. The Morgan fingerprint density at radius 3 is 2.70 bits per heavy atom. The standard InChI is InChI=1S/C15H13ClN2O5/c1-8-5-13(20)23-9(2)14(8)15(21)22-7-12(19)18-11-4-3-10(16)6-17-11/h3-6H,7H2,1-2H3,(H,17,18,19). The molecular weight excluding hydrogens is 324 g/mol. The van der Waals surface area contributed by atoms with E-state index in [1.54, 1.807) is 13.0 Å². The number of esters is 1. The number of nitrogens with one attached hydrogen (secondary N) is 1. The summed E-state index contributed by atoms with van der Waals surface area (Å²) in [6.07, 6.45) is 1.38. The van der Waals surface area contributed by atoms with E-state index in [4.69, 9.17) is 20.8 Å². The van der Waals surface area contributed by atoms with E-state index in [9.17, 15) is 14.4 Å². The van der Waals surface area contributed by atoms with Crippen molar-refractivity contribution in [3.05, 3.63) is 56.7 Å². The van der Waals surface area contributed by atoms with Gasteiger partial charge in [-0.15, -0.1) is 0 Å². The van der Waals surface area contributed by atoms with Crippen molar-refractivity contribution < 1.29 is 18.7 Å². The summed E-state index contributed by atoms with van der Waals surface area (Å²) in [6.45, 7) is 2.56. The van der Waals surface area contributed by atoms with Crippen molar-refractivity contribution in [2.75, 3.05) is 11.9 Å². The Morgan fingerprint density at radius 1 is 1.35 bits per heavy atom. The van der Waals surface area contributed by atoms with Crippen LogP contribution < -0.4 is 10.9 Å². The molecule has 0 aliphatic carbocycles. The minimum atomic E-state index is -0.747. The molecule has 0 saturated heterocycles. The van der Waals surface area contributed by atoms with Crippen LogP contribution in [0.4, 0.5) is 5.82 Å². The fourth-order valence-corrected chi connectivity index (χ4v) is 2.01. The quantitative estimate of drug-likeness (QED) is 0.858. The molecule has 120 valence electrons. The van der Waals surface area contributed by atoms with Gasteiger partial charge in [0.15, 0.2) is 6.61 Å². The molecule has 0 unspecified atom stereocenters. The number of halogens is 1. The number of carbonyl (C=O) groups is 2. The van der Waals surface area contributed by atoms with Crippen LogP contribution in [0, 0.1) is 13.8 Å². The number of anilines is 1. The first-order chi connectivity index (χ1) is 10.9. The summed E-state index contributed by atoms with van der Waals surface area (Å²) in [5.41, 5.74) is -0.00588. The Kier molecular flexibility index (Phi) is 5.13. The molecule has 8 heteroatoms. The highest BCUT2D eigenvalue weighted by atomic mass is 35.5. The predicted octanol–water partition coefficient (Wildman–Crippen LogP) is 2.10. The second-order valence-corrected chi connectivity index (χ2v) is 5.10. The zero-order chi connectivity index (χ0) is 17.0. The Bertz CT molecular complexity index is 772. The van der Waals surface area contributed by atoms with Gasteiger partial charge in [0.2, 0.25) is 0 Å². The van der Waals surface area contributed by atoms with E-state index in [0.29, 0.717) is 10.6 Å². The Labute approximate surface area is 136 Å². The van der Waals surface area contributed by atoms with Crippen molar-refractivity contribution >= 4 is 29.3 Å². The summed E-state index contributed by atoms with van der Waals surface area (Å²) in [5, 5.41) is 2.89. The van der Waals surface area contributed by atoms with Crippen LogP contribution in [0.2, 0.25) is 5.02 Å². The van der Waals surface area contributed by atoms with Crippen molar-refractivity contribution in [1.82, 2.24) is 4.98 Å². The minimum Gasteiger partial charge on any atom is -0.452 e. The molecule has 0 atom stereocenters. The van der Waals surface area contributed by atoms with Gasteiger partial charge in [0.05, 0.1) is 5.02 Å². The van der Waals surface area contributed by atoms with Gasteiger partial charge in [0, 0.05) is 12.3 Å². The summed E-state index contributed by atoms with van der Waals surface area (Å²) >= 11 is 5.68. The molecule has 1 amide bonds. The Morgan fingerprint density at radius 2 is 2.09 bits per heavy atom. The number of hydrogen-bond acceptors (Lipinski definition) is 6. The van der Waals surface area contributed by atoms with Crippen molar-refractivity contribution in [2.45, 2.75) is 13.8 Å². The van der Waals surface area contributed by atoms with Crippen LogP contribution in [-0.4, -0.2) is 23.5 Å². The number of hydrogen-bond donors (Lipinski definition) is 1. The molecule has 2 heterocycles. The third-order valence-electron chi connectivity index (χ3n) is 2.87. The number of aryl methyl sites for hydroxylation is 2. The summed E-state index contributed by atoms with van der Waals surface area (Å²) in [5.74, 6) is -0.878. The molecule has 2 aromatic heterocycles. The van der Waals surface area contributed by atoms with Gasteiger partial charge in [0.1, 0.15) is 17.1 Å². The van der Waals surface area contributed by atoms with Gasteiger partial charge in [-0.1, -0.05) is 11.6 Å². The summed E-state index contributed by atoms with van der Waals surface area (Å²) in [6, 6.07) is 4.26. The van der Waals surface area contributed by atoms with Crippen molar-refractivity contribution in [2.24, 2.45) is 0 Å². The molecule has 0 aliphatic rings. The van der Waals surface area contributed by atoms with E-state index >= 15 is 0 Å². The molecule has 7 nitrogen and oxygen atoms in total. The molecule has 0 spiro atoms. The maximum Gasteiger partial charge on any atom is 0.342 e. The highest BCUT2D eigenvalue weighted by Crippen LogP contribution is 2.13. The molecular formula is C15H13ClN2O5. The van der Waals surface area contributed by atoms with Gasteiger partial charge in [-0.05, 0) is 31.5 Å². The second kappa shape index (κ2) is 7.06. The zero-order valence-electron chi connectivity index (χ0n) is 12.4. The number of pyridine rings is 1. The molecule has 23 heavy (non-hydrogen) atoms. The van der Waals surface area contributed by atoms with Gasteiger partial charge in [-0.3, -0.25) is 4.79 Å². The monoisotopic (exact) mass is 336 g/mol. The number of ether oxygens (including phenoxy) is 1.